The number of nitrogens with one attached hydrogen (secondary N) is 1. The number of hydrogen-bond acceptors (Lipinski definition) is 4. The first kappa shape index (κ1) is 14.3. The lowest BCUT2D eigenvalue weighted by Crippen LogP contribution is -2.08. The van der Waals surface area contributed by atoms with Crippen LogP contribution in [-0.2, 0) is 4.74 Å². The molecule has 0 spiro atoms. The first-order chi connectivity index (χ1) is 8.56. The number of rotatable bonds is 7. The zero-order valence-corrected chi connectivity index (χ0v) is 9.91. The van der Waals surface area contributed by atoms with Gasteiger partial charge in [0.1, 0.15) is 11.5 Å². The van der Waals surface area contributed by atoms with E-state index in [1.54, 1.807) is 0 Å². The molecule has 0 bridgehead atoms. The van der Waals surface area contributed by atoms with E-state index in [-0.39, 0.29) is 5.69 Å². The highest BCUT2D eigenvalue weighted by Gasteiger charge is 2.21. The molecular formula is C11H14F2N2O3. The van der Waals surface area contributed by atoms with E-state index in [2.05, 4.69) is 5.32 Å². The topological polar surface area (TPSA) is 64.4 Å². The minimum absolute atomic E-state index is 0.158. The number of nitro groups is 1. The van der Waals surface area contributed by atoms with Gasteiger partial charge < -0.3 is 10.1 Å². The maximum atomic E-state index is 13.2. The first-order valence-corrected chi connectivity index (χ1v) is 5.51. The molecule has 0 saturated carbocycles. The van der Waals surface area contributed by atoms with E-state index >= 15 is 0 Å². The maximum absolute atomic E-state index is 13.2. The minimum Gasteiger partial charge on any atom is -0.382 e. The van der Waals surface area contributed by atoms with Crippen molar-refractivity contribution in [3.63, 3.8) is 0 Å². The second-order valence-corrected chi connectivity index (χ2v) is 3.52. The molecular weight excluding hydrogens is 246 g/mol. The van der Waals surface area contributed by atoms with Crippen molar-refractivity contribution in [2.75, 3.05) is 25.1 Å². The van der Waals surface area contributed by atoms with Crippen molar-refractivity contribution in [3.8, 4) is 0 Å². The number of halogens is 2. The lowest BCUT2D eigenvalue weighted by Gasteiger charge is -2.07. The van der Waals surface area contributed by atoms with E-state index in [9.17, 15) is 18.9 Å². The van der Waals surface area contributed by atoms with Crippen LogP contribution in [-0.4, -0.2) is 24.7 Å². The van der Waals surface area contributed by atoms with Crippen LogP contribution in [0.1, 0.15) is 13.3 Å². The lowest BCUT2D eigenvalue weighted by atomic mass is 10.2. The summed E-state index contributed by atoms with van der Waals surface area (Å²) in [6.07, 6.45) is 0.586. The first-order valence-electron chi connectivity index (χ1n) is 5.51. The van der Waals surface area contributed by atoms with Crippen molar-refractivity contribution < 1.29 is 18.4 Å². The maximum Gasteiger partial charge on any atom is 0.327 e. The SMILES string of the molecule is CCOCCCNc1cc(F)cc(F)c1[N+](=O)[O-]. The number of nitrogens with zero attached hydrogens (tertiary/aromatic N) is 1. The van der Waals surface area contributed by atoms with Crippen LogP contribution in [0.25, 0.3) is 0 Å². The normalized spacial score (nSPS) is 10.4. The van der Waals surface area contributed by atoms with Gasteiger partial charge in [0.05, 0.1) is 4.92 Å². The molecule has 0 saturated heterocycles. The fraction of sp³-hybridized carbons (Fsp3) is 0.455. The van der Waals surface area contributed by atoms with Crippen LogP contribution < -0.4 is 5.32 Å². The molecule has 0 unspecified atom stereocenters. The molecule has 1 aromatic rings. The van der Waals surface area contributed by atoms with Crippen LogP contribution in [0.5, 0.6) is 0 Å². The molecule has 100 valence electrons. The van der Waals surface area contributed by atoms with E-state index in [1.807, 2.05) is 6.92 Å². The largest absolute Gasteiger partial charge is 0.382 e. The molecule has 18 heavy (non-hydrogen) atoms. The Bertz CT molecular complexity index is 427. The third-order valence-corrected chi connectivity index (χ3v) is 2.20. The Morgan fingerprint density at radius 3 is 2.78 bits per heavy atom. The fourth-order valence-corrected chi connectivity index (χ4v) is 1.43. The van der Waals surface area contributed by atoms with Gasteiger partial charge >= 0.3 is 5.69 Å². The summed E-state index contributed by atoms with van der Waals surface area (Å²) in [4.78, 5) is 9.79. The van der Waals surface area contributed by atoms with E-state index < -0.39 is 22.2 Å². The van der Waals surface area contributed by atoms with Crippen LogP contribution in [0.3, 0.4) is 0 Å². The summed E-state index contributed by atoms with van der Waals surface area (Å²) >= 11 is 0. The Balaban J connectivity index is 2.71. The van der Waals surface area contributed by atoms with Crippen LogP contribution in [0.2, 0.25) is 0 Å². The van der Waals surface area contributed by atoms with Crippen molar-refractivity contribution in [3.05, 3.63) is 33.9 Å². The van der Waals surface area contributed by atoms with Crippen molar-refractivity contribution in [1.82, 2.24) is 0 Å². The Morgan fingerprint density at radius 2 is 2.17 bits per heavy atom. The molecule has 0 fully saturated rings. The Kier molecular flexibility index (Phi) is 5.44. The van der Waals surface area contributed by atoms with Gasteiger partial charge in [0.2, 0.25) is 5.82 Å². The minimum atomic E-state index is -1.19. The number of ether oxygens (including phenoxy) is 1. The van der Waals surface area contributed by atoms with Crippen LogP contribution in [0.15, 0.2) is 12.1 Å². The molecule has 1 rings (SSSR count). The highest BCUT2D eigenvalue weighted by molar-refractivity contribution is 5.62. The molecule has 5 nitrogen and oxygen atoms in total. The highest BCUT2D eigenvalue weighted by atomic mass is 19.1. The van der Waals surface area contributed by atoms with E-state index in [0.717, 1.165) is 6.07 Å². The molecule has 0 aliphatic carbocycles. The van der Waals surface area contributed by atoms with Crippen molar-refractivity contribution in [2.45, 2.75) is 13.3 Å². The molecule has 1 aromatic carbocycles. The van der Waals surface area contributed by atoms with Gasteiger partial charge in [0, 0.05) is 31.9 Å². The van der Waals surface area contributed by atoms with Gasteiger partial charge in [0.25, 0.3) is 0 Å². The van der Waals surface area contributed by atoms with Gasteiger partial charge in [-0.25, -0.2) is 4.39 Å². The molecule has 0 amide bonds. The van der Waals surface area contributed by atoms with Crippen molar-refractivity contribution >= 4 is 11.4 Å². The van der Waals surface area contributed by atoms with E-state index in [4.69, 9.17) is 4.74 Å². The van der Waals surface area contributed by atoms with Gasteiger partial charge in [-0.1, -0.05) is 0 Å². The molecule has 0 aliphatic heterocycles. The van der Waals surface area contributed by atoms with Gasteiger partial charge in [0.15, 0.2) is 0 Å². The highest BCUT2D eigenvalue weighted by Crippen LogP contribution is 2.28. The molecule has 0 heterocycles. The van der Waals surface area contributed by atoms with Crippen LogP contribution in [0, 0.1) is 21.7 Å². The molecule has 0 aromatic heterocycles. The number of anilines is 1. The summed E-state index contributed by atoms with van der Waals surface area (Å²) in [7, 11) is 0. The number of benzene rings is 1. The van der Waals surface area contributed by atoms with E-state index in [0.29, 0.717) is 32.2 Å². The van der Waals surface area contributed by atoms with Gasteiger partial charge in [-0.05, 0) is 13.3 Å². The van der Waals surface area contributed by atoms with Crippen molar-refractivity contribution in [2.24, 2.45) is 0 Å². The average Bonchev–Trinajstić information content (AvgIpc) is 2.27. The summed E-state index contributed by atoms with van der Waals surface area (Å²) in [5.41, 5.74) is -0.901. The number of nitro benzene ring substituents is 1. The lowest BCUT2D eigenvalue weighted by molar-refractivity contribution is -0.386. The standard InChI is InChI=1S/C11H14F2N2O3/c1-2-18-5-3-4-14-10-7-8(12)6-9(13)11(10)15(16)17/h6-7,14H,2-5H2,1H3. The summed E-state index contributed by atoms with van der Waals surface area (Å²) in [6.45, 7) is 3.24. The monoisotopic (exact) mass is 260 g/mol. The third kappa shape index (κ3) is 3.92. The summed E-state index contributed by atoms with van der Waals surface area (Å²) < 4.78 is 31.3. The zero-order chi connectivity index (χ0) is 13.5. The molecule has 1 N–H and O–H groups in total. The predicted octanol–water partition coefficient (Wildman–Crippen LogP) is 2.71. The average molecular weight is 260 g/mol. The summed E-state index contributed by atoms with van der Waals surface area (Å²) in [5.74, 6) is -2.04. The third-order valence-electron chi connectivity index (χ3n) is 2.20. The molecule has 0 atom stereocenters. The molecule has 0 aliphatic rings. The zero-order valence-electron chi connectivity index (χ0n) is 9.91. The smallest absolute Gasteiger partial charge is 0.327 e. The second kappa shape index (κ2) is 6.85. The van der Waals surface area contributed by atoms with Crippen LogP contribution in [0.4, 0.5) is 20.2 Å². The Hall–Kier alpha value is -1.76. The number of hydrogen-bond donors (Lipinski definition) is 1. The second-order valence-electron chi connectivity index (χ2n) is 3.52. The quantitative estimate of drug-likeness (QED) is 0.465. The Morgan fingerprint density at radius 1 is 1.44 bits per heavy atom. The molecule has 0 radical (unpaired) electrons. The molecule has 7 heteroatoms. The summed E-state index contributed by atoms with van der Waals surface area (Å²) in [6, 6.07) is 1.39. The summed E-state index contributed by atoms with van der Waals surface area (Å²) in [5, 5.41) is 13.3. The van der Waals surface area contributed by atoms with Crippen LogP contribution >= 0.6 is 0 Å². The fourth-order valence-electron chi connectivity index (χ4n) is 1.43. The van der Waals surface area contributed by atoms with Gasteiger partial charge in [-0.15, -0.1) is 0 Å². The van der Waals surface area contributed by atoms with Gasteiger partial charge in [-0.3, -0.25) is 10.1 Å². The predicted molar refractivity (Wildman–Crippen MR) is 62.6 cm³/mol. The Labute approximate surface area is 103 Å². The van der Waals surface area contributed by atoms with Crippen molar-refractivity contribution in [1.29, 1.82) is 0 Å². The van der Waals surface area contributed by atoms with E-state index in [1.165, 1.54) is 0 Å². The van der Waals surface area contributed by atoms with Gasteiger partial charge in [-0.2, -0.15) is 4.39 Å².